The molecule has 0 unspecified atom stereocenters. The average Bonchev–Trinajstić information content (AvgIpc) is 2.79. The van der Waals surface area contributed by atoms with Crippen LogP contribution < -0.4 is 20.1 Å². The van der Waals surface area contributed by atoms with Crippen molar-refractivity contribution in [2.45, 2.75) is 13.0 Å². The van der Waals surface area contributed by atoms with Gasteiger partial charge in [0.1, 0.15) is 11.5 Å². The first kappa shape index (κ1) is 23.2. The van der Waals surface area contributed by atoms with Gasteiger partial charge in [-0.05, 0) is 24.6 Å². The molecule has 0 saturated carbocycles. The van der Waals surface area contributed by atoms with Crippen LogP contribution >= 0.6 is 11.6 Å². The average molecular weight is 447 g/mol. The third-order valence-corrected chi connectivity index (χ3v) is 5.67. The number of anilines is 1. The Morgan fingerprint density at radius 2 is 1.68 bits per heavy atom. The molecular weight excluding hydrogens is 416 g/mol. The highest BCUT2D eigenvalue weighted by molar-refractivity contribution is 6.32. The molecule has 7 nitrogen and oxygen atoms in total. The van der Waals surface area contributed by atoms with Crippen LogP contribution in [0, 0.1) is 0 Å². The van der Waals surface area contributed by atoms with Crippen LogP contribution in [0.5, 0.6) is 11.5 Å². The Balaban J connectivity index is 1.34. The van der Waals surface area contributed by atoms with Gasteiger partial charge in [0.25, 0.3) is 0 Å². The highest BCUT2D eigenvalue weighted by Crippen LogP contribution is 2.35. The second kappa shape index (κ2) is 11.8. The Hall–Kier alpha value is -2.48. The van der Waals surface area contributed by atoms with E-state index in [9.17, 15) is 4.79 Å². The van der Waals surface area contributed by atoms with E-state index in [1.807, 2.05) is 0 Å². The van der Waals surface area contributed by atoms with Gasteiger partial charge in [-0.1, -0.05) is 41.9 Å². The SMILES string of the molecule is COc1cc(OC)c(NC(=O)NCCCN2CCN(Cc3ccccc3)CC2)cc1Cl. The van der Waals surface area contributed by atoms with Gasteiger partial charge in [-0.25, -0.2) is 4.79 Å². The lowest BCUT2D eigenvalue weighted by Crippen LogP contribution is -2.46. The van der Waals surface area contributed by atoms with Crippen molar-refractivity contribution in [2.24, 2.45) is 0 Å². The number of urea groups is 1. The fourth-order valence-corrected chi connectivity index (χ4v) is 3.88. The van der Waals surface area contributed by atoms with Gasteiger partial charge < -0.3 is 25.0 Å². The number of halogens is 1. The molecule has 1 saturated heterocycles. The van der Waals surface area contributed by atoms with Crippen LogP contribution in [0.25, 0.3) is 0 Å². The third-order valence-electron chi connectivity index (χ3n) is 5.37. The number of nitrogens with one attached hydrogen (secondary N) is 2. The molecule has 2 amide bonds. The minimum absolute atomic E-state index is 0.285. The number of ether oxygens (including phenoxy) is 2. The molecule has 0 spiro atoms. The van der Waals surface area contributed by atoms with E-state index in [-0.39, 0.29) is 6.03 Å². The second-order valence-corrected chi connectivity index (χ2v) is 7.93. The van der Waals surface area contributed by atoms with Crippen molar-refractivity contribution < 1.29 is 14.3 Å². The van der Waals surface area contributed by atoms with Gasteiger partial charge in [-0.15, -0.1) is 0 Å². The number of hydrogen-bond acceptors (Lipinski definition) is 5. The van der Waals surface area contributed by atoms with Gasteiger partial charge in [0.15, 0.2) is 0 Å². The predicted molar refractivity (Wildman–Crippen MR) is 124 cm³/mol. The molecule has 2 aromatic rings. The number of piperazine rings is 1. The molecule has 0 aromatic heterocycles. The summed E-state index contributed by atoms with van der Waals surface area (Å²) in [5.41, 5.74) is 1.86. The number of amides is 2. The first-order valence-corrected chi connectivity index (χ1v) is 10.9. The van der Waals surface area contributed by atoms with Gasteiger partial charge in [0, 0.05) is 45.3 Å². The number of nitrogens with zero attached hydrogens (tertiary/aromatic N) is 2. The maximum atomic E-state index is 12.2. The van der Waals surface area contributed by atoms with Crippen molar-refractivity contribution in [3.63, 3.8) is 0 Å². The molecule has 0 aliphatic carbocycles. The van der Waals surface area contributed by atoms with Gasteiger partial charge in [0.05, 0.1) is 24.9 Å². The van der Waals surface area contributed by atoms with Gasteiger partial charge in [-0.2, -0.15) is 0 Å². The molecule has 2 aromatic carbocycles. The first-order chi connectivity index (χ1) is 15.1. The van der Waals surface area contributed by atoms with Gasteiger partial charge >= 0.3 is 6.03 Å². The lowest BCUT2D eigenvalue weighted by Gasteiger charge is -2.34. The van der Waals surface area contributed by atoms with E-state index >= 15 is 0 Å². The van der Waals surface area contributed by atoms with Gasteiger partial charge in [0.2, 0.25) is 0 Å². The summed E-state index contributed by atoms with van der Waals surface area (Å²) in [5, 5.41) is 6.09. The van der Waals surface area contributed by atoms with E-state index in [1.54, 1.807) is 12.1 Å². The van der Waals surface area contributed by atoms with Crippen molar-refractivity contribution in [3.8, 4) is 11.5 Å². The monoisotopic (exact) mass is 446 g/mol. The van der Waals surface area contributed by atoms with E-state index in [1.165, 1.54) is 19.8 Å². The van der Waals surface area contributed by atoms with Crippen molar-refractivity contribution in [2.75, 3.05) is 58.8 Å². The summed E-state index contributed by atoms with van der Waals surface area (Å²) in [5.74, 6) is 0.984. The molecule has 168 valence electrons. The summed E-state index contributed by atoms with van der Waals surface area (Å²) in [4.78, 5) is 17.2. The van der Waals surface area contributed by atoms with E-state index < -0.39 is 0 Å². The van der Waals surface area contributed by atoms with Crippen LogP contribution in [-0.2, 0) is 6.54 Å². The highest BCUT2D eigenvalue weighted by atomic mass is 35.5. The summed E-state index contributed by atoms with van der Waals surface area (Å²) in [6, 6.07) is 13.6. The Labute approximate surface area is 189 Å². The number of carbonyl (C=O) groups excluding carboxylic acids is 1. The topological polar surface area (TPSA) is 66.1 Å². The van der Waals surface area contributed by atoms with Crippen LogP contribution in [-0.4, -0.2) is 69.3 Å². The number of methoxy groups -OCH3 is 2. The maximum Gasteiger partial charge on any atom is 0.319 e. The maximum absolute atomic E-state index is 12.2. The molecule has 1 fully saturated rings. The van der Waals surface area contributed by atoms with E-state index in [2.05, 4.69) is 50.8 Å². The number of carbonyl (C=O) groups is 1. The Morgan fingerprint density at radius 3 is 2.35 bits per heavy atom. The standard InChI is InChI=1S/C23H31ClN4O3/c1-30-21-16-22(31-2)20(15-19(21)24)26-23(29)25-9-6-10-27-11-13-28(14-12-27)17-18-7-4-3-5-8-18/h3-5,7-8,15-16H,6,9-14,17H2,1-2H3,(H2,25,26,29). The summed E-state index contributed by atoms with van der Waals surface area (Å²) in [7, 11) is 3.06. The number of benzene rings is 2. The van der Waals surface area contributed by atoms with Crippen LogP contribution in [0.2, 0.25) is 5.02 Å². The van der Waals surface area contributed by atoms with Gasteiger partial charge in [-0.3, -0.25) is 4.90 Å². The number of rotatable bonds is 9. The molecule has 1 aliphatic heterocycles. The van der Waals surface area contributed by atoms with Crippen LogP contribution in [0.15, 0.2) is 42.5 Å². The smallest absolute Gasteiger partial charge is 0.319 e. The van der Waals surface area contributed by atoms with Crippen LogP contribution in [0.4, 0.5) is 10.5 Å². The molecule has 0 radical (unpaired) electrons. The summed E-state index contributed by atoms with van der Waals surface area (Å²) in [6.07, 6.45) is 0.895. The molecule has 31 heavy (non-hydrogen) atoms. The molecular formula is C23H31ClN4O3. The third kappa shape index (κ3) is 7.02. The summed E-state index contributed by atoms with van der Waals surface area (Å²) >= 11 is 6.15. The predicted octanol–water partition coefficient (Wildman–Crippen LogP) is 3.69. The minimum atomic E-state index is -0.285. The summed E-state index contributed by atoms with van der Waals surface area (Å²) in [6.45, 7) is 6.83. The van der Waals surface area contributed by atoms with Crippen LogP contribution in [0.3, 0.4) is 0 Å². The largest absolute Gasteiger partial charge is 0.495 e. The quantitative estimate of drug-likeness (QED) is 0.575. The Kier molecular flexibility index (Phi) is 8.82. The fraction of sp³-hybridized carbons (Fsp3) is 0.435. The second-order valence-electron chi connectivity index (χ2n) is 7.52. The Bertz CT molecular complexity index is 842. The minimum Gasteiger partial charge on any atom is -0.495 e. The normalized spacial score (nSPS) is 14.8. The zero-order chi connectivity index (χ0) is 22.1. The highest BCUT2D eigenvalue weighted by Gasteiger charge is 2.17. The molecule has 0 bridgehead atoms. The zero-order valence-corrected chi connectivity index (χ0v) is 19.0. The van der Waals surface area contributed by atoms with Crippen LogP contribution in [0.1, 0.15) is 12.0 Å². The molecule has 3 rings (SSSR count). The lowest BCUT2D eigenvalue weighted by molar-refractivity contribution is 0.126. The molecule has 2 N–H and O–H groups in total. The fourth-order valence-electron chi connectivity index (χ4n) is 3.64. The van der Waals surface area contributed by atoms with E-state index in [0.29, 0.717) is 28.8 Å². The van der Waals surface area contributed by atoms with Crippen molar-refractivity contribution in [1.82, 2.24) is 15.1 Å². The van der Waals surface area contributed by atoms with E-state index in [0.717, 1.165) is 45.7 Å². The first-order valence-electron chi connectivity index (χ1n) is 10.5. The molecule has 1 heterocycles. The van der Waals surface area contributed by atoms with E-state index in [4.69, 9.17) is 21.1 Å². The summed E-state index contributed by atoms with van der Waals surface area (Å²) < 4.78 is 10.5. The Morgan fingerprint density at radius 1 is 1.00 bits per heavy atom. The number of hydrogen-bond donors (Lipinski definition) is 2. The molecule has 1 aliphatic rings. The zero-order valence-electron chi connectivity index (χ0n) is 18.2. The van der Waals surface area contributed by atoms with Crippen molar-refractivity contribution >= 4 is 23.3 Å². The molecule has 8 heteroatoms. The van der Waals surface area contributed by atoms with Crippen molar-refractivity contribution in [3.05, 3.63) is 53.1 Å². The molecule has 0 atom stereocenters. The lowest BCUT2D eigenvalue weighted by atomic mass is 10.2. The van der Waals surface area contributed by atoms with Crippen molar-refractivity contribution in [1.29, 1.82) is 0 Å².